The van der Waals surface area contributed by atoms with Crippen molar-refractivity contribution >= 4 is 34.1 Å². The first-order valence-corrected chi connectivity index (χ1v) is 8.48. The Morgan fingerprint density at radius 1 is 1.24 bits per heavy atom. The van der Waals surface area contributed by atoms with E-state index >= 15 is 0 Å². The molecule has 0 unspecified atom stereocenters. The minimum Gasteiger partial charge on any atom is -0.493 e. The average Bonchev–Trinajstić information content (AvgIpc) is 2.60. The maximum absolute atomic E-state index is 12.4. The zero-order chi connectivity index (χ0) is 18.0. The number of carbonyl (C=O) groups excluding carboxylic acids is 1. The second kappa shape index (κ2) is 7.11. The summed E-state index contributed by atoms with van der Waals surface area (Å²) in [5.74, 6) is 0.318. The van der Waals surface area contributed by atoms with Gasteiger partial charge >= 0.3 is 5.97 Å². The van der Waals surface area contributed by atoms with Crippen LogP contribution in [0.2, 0.25) is 0 Å². The number of ether oxygens (including phenoxy) is 2. The molecule has 0 radical (unpaired) electrons. The predicted octanol–water partition coefficient (Wildman–Crippen LogP) is 3.20. The highest BCUT2D eigenvalue weighted by molar-refractivity contribution is 7.80. The fraction of sp³-hybridized carbons (Fsp3) is 0.263. The molecular formula is C19H20N2O3S. The van der Waals surface area contributed by atoms with Crippen LogP contribution in [0.1, 0.15) is 25.5 Å². The molecule has 1 heterocycles. The molecule has 2 N–H and O–H groups in total. The summed E-state index contributed by atoms with van der Waals surface area (Å²) in [7, 11) is 1.37. The van der Waals surface area contributed by atoms with Gasteiger partial charge in [-0.25, -0.2) is 4.79 Å². The summed E-state index contributed by atoms with van der Waals surface area (Å²) in [6, 6.07) is 11.5. The number of carbonyl (C=O) groups is 1. The molecule has 0 bridgehead atoms. The Morgan fingerprint density at radius 3 is 2.72 bits per heavy atom. The van der Waals surface area contributed by atoms with Crippen LogP contribution in [0.4, 0.5) is 0 Å². The molecule has 3 rings (SSSR count). The van der Waals surface area contributed by atoms with Crippen molar-refractivity contribution < 1.29 is 14.3 Å². The first-order valence-electron chi connectivity index (χ1n) is 8.07. The molecule has 25 heavy (non-hydrogen) atoms. The highest BCUT2D eigenvalue weighted by Crippen LogP contribution is 2.38. The quantitative estimate of drug-likeness (QED) is 0.648. The monoisotopic (exact) mass is 356 g/mol. The lowest BCUT2D eigenvalue weighted by Gasteiger charge is -2.31. The summed E-state index contributed by atoms with van der Waals surface area (Å²) in [4.78, 5) is 12.4. The van der Waals surface area contributed by atoms with Crippen LogP contribution in [0.5, 0.6) is 5.75 Å². The van der Waals surface area contributed by atoms with Crippen molar-refractivity contribution in [3.05, 3.63) is 53.2 Å². The van der Waals surface area contributed by atoms with E-state index in [1.165, 1.54) is 7.11 Å². The van der Waals surface area contributed by atoms with Gasteiger partial charge in [0.15, 0.2) is 5.11 Å². The fourth-order valence-electron chi connectivity index (χ4n) is 3.15. The van der Waals surface area contributed by atoms with E-state index < -0.39 is 12.0 Å². The third-order valence-electron chi connectivity index (χ3n) is 4.19. The fourth-order valence-corrected chi connectivity index (χ4v) is 3.42. The highest BCUT2D eigenvalue weighted by Gasteiger charge is 2.33. The van der Waals surface area contributed by atoms with Gasteiger partial charge in [-0.3, -0.25) is 0 Å². The molecule has 2 aromatic rings. The number of methoxy groups -OCH3 is 1. The highest BCUT2D eigenvalue weighted by atomic mass is 32.1. The zero-order valence-corrected chi connectivity index (χ0v) is 15.2. The van der Waals surface area contributed by atoms with Crippen LogP contribution in [0, 0.1) is 0 Å². The molecule has 5 nitrogen and oxygen atoms in total. The second-order valence-electron chi connectivity index (χ2n) is 5.69. The summed E-state index contributed by atoms with van der Waals surface area (Å²) < 4.78 is 10.9. The van der Waals surface area contributed by atoms with Crippen molar-refractivity contribution in [2.24, 2.45) is 0 Å². The van der Waals surface area contributed by atoms with Crippen molar-refractivity contribution in [1.82, 2.24) is 10.6 Å². The first-order chi connectivity index (χ1) is 12.1. The number of nitrogens with one attached hydrogen (secondary N) is 2. The topological polar surface area (TPSA) is 59.6 Å². The van der Waals surface area contributed by atoms with Gasteiger partial charge in [0.25, 0.3) is 0 Å². The van der Waals surface area contributed by atoms with Gasteiger partial charge in [0, 0.05) is 11.3 Å². The molecule has 0 saturated heterocycles. The third-order valence-corrected chi connectivity index (χ3v) is 4.41. The van der Waals surface area contributed by atoms with E-state index in [2.05, 4.69) is 10.6 Å². The molecule has 0 aliphatic carbocycles. The molecule has 1 aliphatic heterocycles. The van der Waals surface area contributed by atoms with Gasteiger partial charge in [0.2, 0.25) is 0 Å². The Kier molecular flexibility index (Phi) is 4.90. The summed E-state index contributed by atoms with van der Waals surface area (Å²) in [5, 5.41) is 8.73. The van der Waals surface area contributed by atoms with E-state index in [1.54, 1.807) is 0 Å². The molecule has 0 aromatic heterocycles. The van der Waals surface area contributed by atoms with Gasteiger partial charge < -0.3 is 20.1 Å². The Bertz CT molecular complexity index is 876. The number of esters is 1. The smallest absolute Gasteiger partial charge is 0.337 e. The number of hydrogen-bond acceptors (Lipinski definition) is 4. The molecular weight excluding hydrogens is 336 g/mol. The van der Waals surface area contributed by atoms with E-state index in [0.717, 1.165) is 22.1 Å². The molecule has 0 amide bonds. The lowest BCUT2D eigenvalue weighted by atomic mass is 9.90. The molecule has 2 aromatic carbocycles. The molecule has 0 fully saturated rings. The van der Waals surface area contributed by atoms with Gasteiger partial charge in [0.1, 0.15) is 5.75 Å². The Labute approximate surface area is 152 Å². The Balaban J connectivity index is 2.28. The van der Waals surface area contributed by atoms with Crippen LogP contribution in [0.3, 0.4) is 0 Å². The van der Waals surface area contributed by atoms with Gasteiger partial charge in [0.05, 0.1) is 25.3 Å². The number of hydrogen-bond donors (Lipinski definition) is 2. The zero-order valence-electron chi connectivity index (χ0n) is 14.4. The minimum atomic E-state index is -0.450. The SMILES string of the molecule is CCOc1ccc2ccccc2c1[C@H]1NC(=S)NC(C)=C1C(=O)OC. The number of rotatable bonds is 4. The van der Waals surface area contributed by atoms with E-state index in [4.69, 9.17) is 21.7 Å². The van der Waals surface area contributed by atoms with Crippen LogP contribution < -0.4 is 15.4 Å². The van der Waals surface area contributed by atoms with Gasteiger partial charge in [-0.05, 0) is 42.9 Å². The Hall–Kier alpha value is -2.60. The number of benzene rings is 2. The molecule has 130 valence electrons. The third kappa shape index (κ3) is 3.17. The lowest BCUT2D eigenvalue weighted by molar-refractivity contribution is -0.136. The first kappa shape index (κ1) is 17.2. The Morgan fingerprint density at radius 2 is 2.00 bits per heavy atom. The molecule has 1 atom stereocenters. The van der Waals surface area contributed by atoms with Crippen LogP contribution in [-0.2, 0) is 9.53 Å². The van der Waals surface area contributed by atoms with E-state index in [1.807, 2.05) is 50.2 Å². The van der Waals surface area contributed by atoms with Crippen molar-refractivity contribution in [3.8, 4) is 5.75 Å². The standard InChI is InChI=1S/C19H20N2O3S/c1-4-24-14-10-9-12-7-5-6-8-13(12)16(14)17-15(18(22)23-3)11(2)20-19(25)21-17/h5-10,17H,4H2,1-3H3,(H2,20,21,25)/t17-/m0/s1. The summed E-state index contributed by atoms with van der Waals surface area (Å²) in [5.41, 5.74) is 2.05. The van der Waals surface area contributed by atoms with E-state index in [9.17, 15) is 4.79 Å². The van der Waals surface area contributed by atoms with Crippen LogP contribution in [0.25, 0.3) is 10.8 Å². The molecule has 6 heteroatoms. The number of allylic oxidation sites excluding steroid dienone is 1. The average molecular weight is 356 g/mol. The number of fused-ring (bicyclic) bond motifs is 1. The summed E-state index contributed by atoms with van der Waals surface area (Å²) in [6.07, 6.45) is 0. The van der Waals surface area contributed by atoms with Crippen molar-refractivity contribution in [2.45, 2.75) is 19.9 Å². The predicted molar refractivity (Wildman–Crippen MR) is 101 cm³/mol. The van der Waals surface area contributed by atoms with E-state index in [0.29, 0.717) is 23.0 Å². The van der Waals surface area contributed by atoms with Crippen molar-refractivity contribution in [2.75, 3.05) is 13.7 Å². The van der Waals surface area contributed by atoms with Crippen LogP contribution >= 0.6 is 12.2 Å². The second-order valence-corrected chi connectivity index (χ2v) is 6.10. The van der Waals surface area contributed by atoms with Gasteiger partial charge in [-0.2, -0.15) is 0 Å². The molecule has 0 spiro atoms. The number of thiocarbonyl (C=S) groups is 1. The summed E-state index contributed by atoms with van der Waals surface area (Å²) in [6.45, 7) is 4.27. The van der Waals surface area contributed by atoms with Crippen LogP contribution in [0.15, 0.2) is 47.7 Å². The maximum atomic E-state index is 12.4. The normalized spacial score (nSPS) is 17.1. The molecule has 1 aliphatic rings. The largest absolute Gasteiger partial charge is 0.493 e. The van der Waals surface area contributed by atoms with Crippen molar-refractivity contribution in [1.29, 1.82) is 0 Å². The van der Waals surface area contributed by atoms with Crippen molar-refractivity contribution in [3.63, 3.8) is 0 Å². The molecule has 0 saturated carbocycles. The van der Waals surface area contributed by atoms with Crippen LogP contribution in [-0.4, -0.2) is 24.8 Å². The minimum absolute atomic E-state index is 0.402. The van der Waals surface area contributed by atoms with E-state index in [-0.39, 0.29) is 0 Å². The lowest BCUT2D eigenvalue weighted by Crippen LogP contribution is -2.45. The van der Waals surface area contributed by atoms with Gasteiger partial charge in [-0.15, -0.1) is 0 Å². The maximum Gasteiger partial charge on any atom is 0.337 e. The summed E-state index contributed by atoms with van der Waals surface area (Å²) >= 11 is 5.32. The van der Waals surface area contributed by atoms with Gasteiger partial charge in [-0.1, -0.05) is 30.3 Å².